The molecular weight excluding hydrogens is 364 g/mol. The van der Waals surface area contributed by atoms with Gasteiger partial charge in [-0.15, -0.1) is 0 Å². The Morgan fingerprint density at radius 1 is 1.30 bits per heavy atom. The number of carbonyl (C=O) groups excluding carboxylic acids is 1. The Hall–Kier alpha value is -2.11. The third-order valence-electron chi connectivity index (χ3n) is 3.81. The molecule has 0 aliphatic rings. The zero-order valence-electron chi connectivity index (χ0n) is 16.7. The summed E-state index contributed by atoms with van der Waals surface area (Å²) < 4.78 is 4.78. The molecule has 148 valence electrons. The van der Waals surface area contributed by atoms with E-state index in [0.717, 1.165) is 6.61 Å². The second-order valence-corrected chi connectivity index (χ2v) is 7.65. The number of rotatable bonds is 5. The van der Waals surface area contributed by atoms with Crippen LogP contribution in [0.15, 0.2) is 30.5 Å². The van der Waals surface area contributed by atoms with E-state index in [1.807, 2.05) is 0 Å². The summed E-state index contributed by atoms with van der Waals surface area (Å²) in [5, 5.41) is 10.4. The molecule has 0 aliphatic carbocycles. The fourth-order valence-corrected chi connectivity index (χ4v) is 2.47. The molecule has 0 saturated heterocycles. The molecule has 0 spiro atoms. The van der Waals surface area contributed by atoms with Crippen molar-refractivity contribution in [2.45, 2.75) is 40.5 Å². The summed E-state index contributed by atoms with van der Waals surface area (Å²) in [6, 6.07) is 6.44. The van der Waals surface area contributed by atoms with E-state index in [1.165, 1.54) is 25.1 Å². The lowest BCUT2D eigenvalue weighted by molar-refractivity contribution is 0.0855. The predicted molar refractivity (Wildman–Crippen MR) is 111 cm³/mol. The van der Waals surface area contributed by atoms with Gasteiger partial charge in [0.15, 0.2) is 5.78 Å². The molecule has 0 bridgehead atoms. The number of nitrogen functional groups attached to an aromatic ring is 1. The van der Waals surface area contributed by atoms with Crippen molar-refractivity contribution in [3.8, 4) is 16.9 Å². The molecule has 1 heterocycles. The van der Waals surface area contributed by atoms with Crippen LogP contribution in [0.2, 0.25) is 5.02 Å². The summed E-state index contributed by atoms with van der Waals surface area (Å²) in [6.45, 7) is 8.48. The summed E-state index contributed by atoms with van der Waals surface area (Å²) in [5.41, 5.74) is 6.74. The van der Waals surface area contributed by atoms with E-state index in [9.17, 15) is 9.90 Å². The summed E-state index contributed by atoms with van der Waals surface area (Å²) in [7, 11) is 1.73. The van der Waals surface area contributed by atoms with Crippen LogP contribution in [0.3, 0.4) is 0 Å². The van der Waals surface area contributed by atoms with Crippen LogP contribution in [0.5, 0.6) is 5.75 Å². The largest absolute Gasteiger partial charge is 0.507 e. The average molecular weight is 393 g/mol. The Bertz CT molecular complexity index is 767. The van der Waals surface area contributed by atoms with E-state index in [-0.39, 0.29) is 17.1 Å². The van der Waals surface area contributed by atoms with Crippen molar-refractivity contribution in [3.63, 3.8) is 0 Å². The zero-order valence-corrected chi connectivity index (χ0v) is 17.4. The molecule has 5 nitrogen and oxygen atoms in total. The molecule has 0 unspecified atom stereocenters. The smallest absolute Gasteiger partial charge is 0.171 e. The molecule has 0 amide bonds. The number of pyridine rings is 1. The second kappa shape index (κ2) is 10.3. The molecule has 1 aromatic carbocycles. The maximum Gasteiger partial charge on any atom is 0.171 e. The number of halogens is 1. The Kier molecular flexibility index (Phi) is 8.73. The van der Waals surface area contributed by atoms with Crippen molar-refractivity contribution < 1.29 is 14.6 Å². The minimum absolute atomic E-state index is 0.0446. The number of phenols is 1. The van der Waals surface area contributed by atoms with E-state index in [4.69, 9.17) is 22.1 Å². The van der Waals surface area contributed by atoms with Crippen LogP contribution in [0.25, 0.3) is 11.1 Å². The standard InChI is InChI=1S/C16H17ClN2O2.C5H12O/c1-16(2,3)15(21)11-6-9(4-5-13(11)20)10-7-14(18)19-8-12(10)17;1-3-4-5-6-2/h4-8,20H,1-3H3,(H2,18,19);3-5H2,1-2H3. The van der Waals surface area contributed by atoms with Gasteiger partial charge in [0.25, 0.3) is 0 Å². The number of carbonyl (C=O) groups is 1. The van der Waals surface area contributed by atoms with Gasteiger partial charge in [-0.25, -0.2) is 4.98 Å². The number of phenolic OH excluding ortho intramolecular Hbond substituents is 1. The Labute approximate surface area is 166 Å². The predicted octanol–water partition coefficient (Wildman–Crippen LogP) is 5.35. The highest BCUT2D eigenvalue weighted by Crippen LogP contribution is 2.34. The normalized spacial score (nSPS) is 10.9. The molecule has 2 rings (SSSR count). The summed E-state index contributed by atoms with van der Waals surface area (Å²) in [5.74, 6) is 0.156. The number of methoxy groups -OCH3 is 1. The third-order valence-corrected chi connectivity index (χ3v) is 4.11. The van der Waals surface area contributed by atoms with Gasteiger partial charge in [-0.3, -0.25) is 4.79 Å². The van der Waals surface area contributed by atoms with Gasteiger partial charge in [0, 0.05) is 30.9 Å². The molecule has 0 atom stereocenters. The van der Waals surface area contributed by atoms with Crippen molar-refractivity contribution in [2.75, 3.05) is 19.5 Å². The van der Waals surface area contributed by atoms with E-state index < -0.39 is 5.41 Å². The van der Waals surface area contributed by atoms with Crippen LogP contribution < -0.4 is 5.73 Å². The molecule has 0 fully saturated rings. The van der Waals surface area contributed by atoms with Gasteiger partial charge in [-0.05, 0) is 30.2 Å². The highest BCUT2D eigenvalue weighted by atomic mass is 35.5. The lowest BCUT2D eigenvalue weighted by Crippen LogP contribution is -2.20. The topological polar surface area (TPSA) is 85.4 Å². The van der Waals surface area contributed by atoms with Crippen LogP contribution in [-0.4, -0.2) is 29.6 Å². The van der Waals surface area contributed by atoms with Gasteiger partial charge in [-0.2, -0.15) is 0 Å². The van der Waals surface area contributed by atoms with Crippen molar-refractivity contribution in [1.29, 1.82) is 0 Å². The number of unbranched alkanes of at least 4 members (excludes halogenated alkanes) is 1. The minimum atomic E-state index is -0.586. The number of aromatic hydroxyl groups is 1. The van der Waals surface area contributed by atoms with E-state index >= 15 is 0 Å². The number of ketones is 1. The number of hydrogen-bond donors (Lipinski definition) is 2. The molecular formula is C21H29ClN2O3. The van der Waals surface area contributed by atoms with E-state index in [1.54, 1.807) is 46.1 Å². The van der Waals surface area contributed by atoms with Crippen molar-refractivity contribution in [2.24, 2.45) is 5.41 Å². The lowest BCUT2D eigenvalue weighted by atomic mass is 9.85. The SMILES string of the molecule is CC(C)(C)C(=O)c1cc(-c2cc(N)ncc2Cl)ccc1O.CCCCOC. The summed E-state index contributed by atoms with van der Waals surface area (Å²) in [6.07, 6.45) is 3.88. The first-order valence-electron chi connectivity index (χ1n) is 8.90. The molecule has 0 radical (unpaired) electrons. The van der Waals surface area contributed by atoms with Gasteiger partial charge in [0.05, 0.1) is 10.6 Å². The van der Waals surface area contributed by atoms with E-state index in [0.29, 0.717) is 22.0 Å². The third kappa shape index (κ3) is 6.85. The first-order chi connectivity index (χ1) is 12.6. The average Bonchev–Trinajstić information content (AvgIpc) is 2.61. The van der Waals surface area contributed by atoms with Crippen molar-refractivity contribution >= 4 is 23.2 Å². The highest BCUT2D eigenvalue weighted by Gasteiger charge is 2.25. The molecule has 6 heteroatoms. The monoisotopic (exact) mass is 392 g/mol. The maximum atomic E-state index is 12.4. The molecule has 2 aromatic rings. The van der Waals surface area contributed by atoms with Crippen molar-refractivity contribution in [1.82, 2.24) is 4.98 Å². The Morgan fingerprint density at radius 3 is 2.48 bits per heavy atom. The number of aromatic nitrogens is 1. The summed E-state index contributed by atoms with van der Waals surface area (Å²) >= 11 is 6.13. The van der Waals surface area contributed by atoms with Crippen LogP contribution in [0.1, 0.15) is 50.9 Å². The zero-order chi connectivity index (χ0) is 20.6. The van der Waals surface area contributed by atoms with E-state index in [2.05, 4.69) is 11.9 Å². The number of nitrogens with two attached hydrogens (primary N) is 1. The lowest BCUT2D eigenvalue weighted by Gasteiger charge is -2.18. The number of nitrogens with zero attached hydrogens (tertiary/aromatic N) is 1. The molecule has 3 N–H and O–H groups in total. The first-order valence-corrected chi connectivity index (χ1v) is 9.27. The maximum absolute atomic E-state index is 12.4. The Balaban J connectivity index is 0.000000527. The molecule has 27 heavy (non-hydrogen) atoms. The van der Waals surface area contributed by atoms with Gasteiger partial charge < -0.3 is 15.6 Å². The van der Waals surface area contributed by atoms with Crippen LogP contribution in [-0.2, 0) is 4.74 Å². The minimum Gasteiger partial charge on any atom is -0.507 e. The fraction of sp³-hybridized carbons (Fsp3) is 0.429. The Morgan fingerprint density at radius 2 is 1.96 bits per heavy atom. The number of Topliss-reactive ketones (excluding diaryl/α,β-unsaturated/α-hetero) is 1. The van der Waals surface area contributed by atoms with Crippen LogP contribution in [0, 0.1) is 5.41 Å². The number of anilines is 1. The van der Waals surface area contributed by atoms with Crippen LogP contribution in [0.4, 0.5) is 5.82 Å². The number of hydrogen-bond acceptors (Lipinski definition) is 5. The van der Waals surface area contributed by atoms with Gasteiger partial charge >= 0.3 is 0 Å². The quantitative estimate of drug-likeness (QED) is 0.529. The second-order valence-electron chi connectivity index (χ2n) is 7.25. The highest BCUT2D eigenvalue weighted by molar-refractivity contribution is 6.33. The molecule has 1 aromatic heterocycles. The van der Waals surface area contributed by atoms with Crippen molar-refractivity contribution in [3.05, 3.63) is 41.0 Å². The van der Waals surface area contributed by atoms with Gasteiger partial charge in [0.1, 0.15) is 11.6 Å². The van der Waals surface area contributed by atoms with Crippen LogP contribution >= 0.6 is 11.6 Å². The van der Waals surface area contributed by atoms with Gasteiger partial charge in [-0.1, -0.05) is 51.8 Å². The first kappa shape index (κ1) is 22.9. The van der Waals surface area contributed by atoms with Gasteiger partial charge in [0.2, 0.25) is 0 Å². The molecule has 0 saturated carbocycles. The fourth-order valence-electron chi connectivity index (χ4n) is 2.25. The number of benzene rings is 1. The molecule has 0 aliphatic heterocycles. The summed E-state index contributed by atoms with van der Waals surface area (Å²) in [4.78, 5) is 16.3. The number of ether oxygens (including phenoxy) is 1.